The van der Waals surface area contributed by atoms with Gasteiger partial charge in [0.25, 0.3) is 0 Å². The van der Waals surface area contributed by atoms with Crippen molar-refractivity contribution in [1.82, 2.24) is 0 Å². The molecular weight excluding hydrogens is 504 g/mol. The Morgan fingerprint density at radius 1 is 0.400 bits per heavy atom. The van der Waals surface area contributed by atoms with Crippen molar-refractivity contribution in [2.24, 2.45) is 0 Å². The Balaban J connectivity index is 4.35. The number of hydrogen-bond donors (Lipinski definition) is 0. The van der Waals surface area contributed by atoms with Crippen LogP contribution in [0.5, 0.6) is 0 Å². The second-order valence-electron chi connectivity index (χ2n) is 11.4. The zero-order valence-electron chi connectivity index (χ0n) is 26.6. The van der Waals surface area contributed by atoms with Crippen molar-refractivity contribution < 1.29 is 28.6 Å². The zero-order chi connectivity index (χ0) is 29.5. The van der Waals surface area contributed by atoms with E-state index < -0.39 is 6.10 Å². The van der Waals surface area contributed by atoms with E-state index in [9.17, 15) is 14.4 Å². The van der Waals surface area contributed by atoms with E-state index in [1.807, 2.05) is 0 Å². The molecule has 0 saturated heterocycles. The maximum absolute atomic E-state index is 12.4. The number of esters is 3. The monoisotopic (exact) mass is 568 g/mol. The molecule has 0 fully saturated rings. The molecule has 0 amide bonds. The highest BCUT2D eigenvalue weighted by atomic mass is 16.6. The van der Waals surface area contributed by atoms with Gasteiger partial charge in [-0.15, -0.1) is 0 Å². The largest absolute Gasteiger partial charge is 0.462 e. The molecule has 1 unspecified atom stereocenters. The van der Waals surface area contributed by atoms with Crippen LogP contribution in [0.15, 0.2) is 0 Å². The van der Waals surface area contributed by atoms with Gasteiger partial charge in [0.15, 0.2) is 6.10 Å². The lowest BCUT2D eigenvalue weighted by Crippen LogP contribution is -2.30. The van der Waals surface area contributed by atoms with Crippen LogP contribution in [0.2, 0.25) is 0 Å². The molecule has 0 rings (SSSR count). The van der Waals surface area contributed by atoms with Gasteiger partial charge in [0, 0.05) is 19.3 Å². The predicted octanol–water partition coefficient (Wildman–Crippen LogP) is 9.80. The van der Waals surface area contributed by atoms with E-state index in [0.29, 0.717) is 19.3 Å². The lowest BCUT2D eigenvalue weighted by Gasteiger charge is -2.18. The van der Waals surface area contributed by atoms with Crippen LogP contribution in [0, 0.1) is 0 Å². The maximum atomic E-state index is 12.4. The van der Waals surface area contributed by atoms with Crippen molar-refractivity contribution in [3.05, 3.63) is 0 Å². The third-order valence-electron chi connectivity index (χ3n) is 7.36. The van der Waals surface area contributed by atoms with Gasteiger partial charge in [0.1, 0.15) is 13.2 Å². The Labute approximate surface area is 247 Å². The molecule has 0 aromatic rings. The predicted molar refractivity (Wildman–Crippen MR) is 164 cm³/mol. The van der Waals surface area contributed by atoms with Crippen molar-refractivity contribution in [3.63, 3.8) is 0 Å². The van der Waals surface area contributed by atoms with E-state index in [1.54, 1.807) is 0 Å². The summed E-state index contributed by atoms with van der Waals surface area (Å²) in [6, 6.07) is 0. The SMILES string of the molecule is CCCCCCCCCCC(=O)OCC(COC(=O)CCCCCCCC)OC(=O)CCCCCCCCCC. The first-order chi connectivity index (χ1) is 19.5. The Morgan fingerprint density at radius 3 is 1.00 bits per heavy atom. The summed E-state index contributed by atoms with van der Waals surface area (Å²) in [4.78, 5) is 36.9. The topological polar surface area (TPSA) is 78.9 Å². The minimum atomic E-state index is -0.752. The minimum Gasteiger partial charge on any atom is -0.462 e. The molecule has 0 bridgehead atoms. The number of carbonyl (C=O) groups excluding carboxylic acids is 3. The third kappa shape index (κ3) is 28.0. The smallest absolute Gasteiger partial charge is 0.306 e. The summed E-state index contributed by atoms with van der Waals surface area (Å²) in [6.45, 7) is 6.48. The van der Waals surface area contributed by atoms with Crippen molar-refractivity contribution in [1.29, 1.82) is 0 Å². The molecule has 1 atom stereocenters. The Morgan fingerprint density at radius 2 is 0.675 bits per heavy atom. The highest BCUT2D eigenvalue weighted by Crippen LogP contribution is 2.13. The number of rotatable bonds is 30. The zero-order valence-corrected chi connectivity index (χ0v) is 26.6. The summed E-state index contributed by atoms with van der Waals surface area (Å²) in [5, 5.41) is 0. The molecule has 0 aliphatic carbocycles. The molecule has 40 heavy (non-hydrogen) atoms. The van der Waals surface area contributed by atoms with Crippen molar-refractivity contribution >= 4 is 17.9 Å². The minimum absolute atomic E-state index is 0.0662. The fourth-order valence-corrected chi connectivity index (χ4v) is 4.73. The van der Waals surface area contributed by atoms with Gasteiger partial charge >= 0.3 is 17.9 Å². The van der Waals surface area contributed by atoms with Crippen LogP contribution < -0.4 is 0 Å². The van der Waals surface area contributed by atoms with Crippen LogP contribution in [0.25, 0.3) is 0 Å². The van der Waals surface area contributed by atoms with E-state index in [4.69, 9.17) is 14.2 Å². The lowest BCUT2D eigenvalue weighted by atomic mass is 10.1. The van der Waals surface area contributed by atoms with E-state index >= 15 is 0 Å². The molecule has 0 aromatic carbocycles. The van der Waals surface area contributed by atoms with E-state index in [1.165, 1.54) is 83.5 Å². The average Bonchev–Trinajstić information content (AvgIpc) is 2.95. The van der Waals surface area contributed by atoms with E-state index in [0.717, 1.165) is 57.8 Å². The van der Waals surface area contributed by atoms with Gasteiger partial charge in [-0.3, -0.25) is 14.4 Å². The normalized spacial score (nSPS) is 11.8. The van der Waals surface area contributed by atoms with Gasteiger partial charge in [-0.05, 0) is 19.3 Å². The second-order valence-corrected chi connectivity index (χ2v) is 11.4. The molecule has 0 aromatic heterocycles. The third-order valence-corrected chi connectivity index (χ3v) is 7.36. The molecule has 0 saturated carbocycles. The molecule has 6 heteroatoms. The first-order valence-electron chi connectivity index (χ1n) is 17.0. The Kier molecular flexibility index (Phi) is 29.2. The highest BCUT2D eigenvalue weighted by Gasteiger charge is 2.19. The molecule has 6 nitrogen and oxygen atoms in total. The highest BCUT2D eigenvalue weighted by molar-refractivity contribution is 5.71. The van der Waals surface area contributed by atoms with Crippen LogP contribution in [-0.4, -0.2) is 37.2 Å². The Hall–Kier alpha value is -1.59. The fraction of sp³-hybridized carbons (Fsp3) is 0.912. The van der Waals surface area contributed by atoms with Crippen LogP contribution in [0.4, 0.5) is 0 Å². The maximum Gasteiger partial charge on any atom is 0.306 e. The standard InChI is InChI=1S/C34H64O6/c1-4-7-10-13-16-18-21-24-27-33(36)39-30-31(29-38-32(35)26-23-20-15-12-9-6-3)40-34(37)28-25-22-19-17-14-11-8-5-2/h31H,4-30H2,1-3H3. The van der Waals surface area contributed by atoms with Crippen molar-refractivity contribution in [2.45, 2.75) is 187 Å². The van der Waals surface area contributed by atoms with Crippen LogP contribution in [0.1, 0.15) is 181 Å². The molecule has 0 aliphatic rings. The van der Waals surface area contributed by atoms with Gasteiger partial charge in [-0.25, -0.2) is 0 Å². The first kappa shape index (κ1) is 38.4. The van der Waals surface area contributed by atoms with Crippen LogP contribution >= 0.6 is 0 Å². The molecule has 0 aliphatic heterocycles. The molecule has 236 valence electrons. The quantitative estimate of drug-likeness (QED) is 0.0487. The van der Waals surface area contributed by atoms with Crippen molar-refractivity contribution in [2.75, 3.05) is 13.2 Å². The van der Waals surface area contributed by atoms with Crippen LogP contribution in [0.3, 0.4) is 0 Å². The molecule has 0 radical (unpaired) electrons. The van der Waals surface area contributed by atoms with Gasteiger partial charge in [0.2, 0.25) is 0 Å². The Bertz CT molecular complexity index is 591. The fourth-order valence-electron chi connectivity index (χ4n) is 4.73. The van der Waals surface area contributed by atoms with Gasteiger partial charge in [-0.2, -0.15) is 0 Å². The summed E-state index contributed by atoms with van der Waals surface area (Å²) in [5.41, 5.74) is 0. The molecule has 0 N–H and O–H groups in total. The summed E-state index contributed by atoms with van der Waals surface area (Å²) in [7, 11) is 0. The van der Waals surface area contributed by atoms with Crippen molar-refractivity contribution in [3.8, 4) is 0 Å². The lowest BCUT2D eigenvalue weighted by molar-refractivity contribution is -0.167. The first-order valence-corrected chi connectivity index (χ1v) is 17.0. The summed E-state index contributed by atoms with van der Waals surface area (Å²) in [5.74, 6) is -0.888. The summed E-state index contributed by atoms with van der Waals surface area (Å²) in [6.07, 6.45) is 25.4. The molecule has 0 heterocycles. The summed E-state index contributed by atoms with van der Waals surface area (Å²) < 4.78 is 16.4. The number of hydrogen-bond acceptors (Lipinski definition) is 6. The van der Waals surface area contributed by atoms with Gasteiger partial charge in [0.05, 0.1) is 0 Å². The number of unbranched alkanes of at least 4 members (excludes halogenated alkanes) is 19. The van der Waals surface area contributed by atoms with Gasteiger partial charge in [-0.1, -0.05) is 143 Å². The van der Waals surface area contributed by atoms with E-state index in [2.05, 4.69) is 20.8 Å². The van der Waals surface area contributed by atoms with Crippen LogP contribution in [-0.2, 0) is 28.6 Å². The average molecular weight is 569 g/mol. The van der Waals surface area contributed by atoms with Gasteiger partial charge < -0.3 is 14.2 Å². The molecule has 0 spiro atoms. The second kappa shape index (κ2) is 30.4. The van der Waals surface area contributed by atoms with E-state index in [-0.39, 0.29) is 31.1 Å². The number of ether oxygens (including phenoxy) is 3. The summed E-state index contributed by atoms with van der Waals surface area (Å²) >= 11 is 0. The number of carbonyl (C=O) groups is 3. The molecular formula is C34H64O6.